The van der Waals surface area contributed by atoms with Crippen LogP contribution in [0.4, 0.5) is 0 Å². The lowest BCUT2D eigenvalue weighted by Crippen LogP contribution is -2.43. The van der Waals surface area contributed by atoms with Gasteiger partial charge < -0.3 is 15.1 Å². The van der Waals surface area contributed by atoms with E-state index in [0.717, 1.165) is 32.5 Å². The number of nitrogens with zero attached hydrogens (tertiary/aromatic N) is 4. The van der Waals surface area contributed by atoms with Crippen LogP contribution in [0.3, 0.4) is 0 Å². The van der Waals surface area contributed by atoms with Crippen LogP contribution >= 0.6 is 0 Å². The Hall–Kier alpha value is -2.02. The molecule has 1 saturated heterocycles. The molecule has 28 heavy (non-hydrogen) atoms. The number of nitrogens with one attached hydrogen (secondary N) is 1. The van der Waals surface area contributed by atoms with Crippen LogP contribution in [0.2, 0.25) is 0 Å². The molecule has 1 aliphatic carbocycles. The van der Waals surface area contributed by atoms with E-state index in [9.17, 15) is 9.59 Å². The number of aromatic nitrogens is 2. The van der Waals surface area contributed by atoms with Crippen molar-refractivity contribution >= 4 is 11.8 Å². The zero-order chi connectivity index (χ0) is 19.6. The highest BCUT2D eigenvalue weighted by atomic mass is 16.2. The molecule has 2 amide bonds. The van der Waals surface area contributed by atoms with Gasteiger partial charge in [-0.15, -0.1) is 0 Å². The summed E-state index contributed by atoms with van der Waals surface area (Å²) in [5.74, 6) is -0.0996. The molecule has 2 aliphatic rings. The maximum Gasteiger partial charge on any atom is 0.274 e. The topological polar surface area (TPSA) is 78.4 Å². The van der Waals surface area contributed by atoms with Crippen molar-refractivity contribution in [3.63, 3.8) is 0 Å². The van der Waals surface area contributed by atoms with Gasteiger partial charge in [-0.3, -0.25) is 14.6 Å². The predicted molar refractivity (Wildman–Crippen MR) is 108 cm³/mol. The van der Waals surface area contributed by atoms with Crippen molar-refractivity contribution in [2.75, 3.05) is 32.7 Å². The molecule has 3 rings (SSSR count). The number of amides is 2. The number of piperidine rings is 1. The number of rotatable bonds is 8. The van der Waals surface area contributed by atoms with Gasteiger partial charge in [0.1, 0.15) is 5.69 Å². The van der Waals surface area contributed by atoms with Crippen molar-refractivity contribution in [1.82, 2.24) is 25.1 Å². The van der Waals surface area contributed by atoms with Crippen molar-refractivity contribution in [2.45, 2.75) is 63.8 Å². The zero-order valence-electron chi connectivity index (χ0n) is 16.8. The maximum absolute atomic E-state index is 12.9. The van der Waals surface area contributed by atoms with E-state index >= 15 is 0 Å². The van der Waals surface area contributed by atoms with Gasteiger partial charge in [-0.2, -0.15) is 0 Å². The summed E-state index contributed by atoms with van der Waals surface area (Å²) in [7, 11) is 0. The van der Waals surface area contributed by atoms with Gasteiger partial charge in [-0.05, 0) is 38.8 Å². The van der Waals surface area contributed by atoms with Crippen molar-refractivity contribution in [3.05, 3.63) is 24.3 Å². The van der Waals surface area contributed by atoms with Crippen LogP contribution < -0.4 is 5.32 Å². The molecular weight excluding hydrogens is 354 g/mol. The highest BCUT2D eigenvalue weighted by Gasteiger charge is 2.21. The van der Waals surface area contributed by atoms with E-state index in [1.165, 1.54) is 50.9 Å². The van der Waals surface area contributed by atoms with Gasteiger partial charge in [0.25, 0.3) is 5.91 Å². The van der Waals surface area contributed by atoms with Gasteiger partial charge in [0.05, 0.1) is 6.20 Å². The SMILES string of the molecule is O=C(CCN(CCN1CCCCC1)C(=O)c1cnccn1)NC1CCCCC1. The smallest absolute Gasteiger partial charge is 0.274 e. The van der Waals surface area contributed by atoms with E-state index in [-0.39, 0.29) is 11.8 Å². The molecule has 0 atom stereocenters. The Labute approximate surface area is 167 Å². The van der Waals surface area contributed by atoms with Gasteiger partial charge in [-0.1, -0.05) is 25.7 Å². The normalized spacial score (nSPS) is 18.6. The molecular formula is C21H33N5O2. The maximum atomic E-state index is 12.9. The zero-order valence-corrected chi connectivity index (χ0v) is 16.8. The van der Waals surface area contributed by atoms with E-state index in [1.54, 1.807) is 11.1 Å². The molecule has 7 heteroatoms. The number of carbonyl (C=O) groups is 2. The lowest BCUT2D eigenvalue weighted by molar-refractivity contribution is -0.122. The first kappa shape index (κ1) is 20.7. The van der Waals surface area contributed by atoms with Crippen molar-refractivity contribution in [2.24, 2.45) is 0 Å². The highest BCUT2D eigenvalue weighted by molar-refractivity contribution is 5.92. The molecule has 1 saturated carbocycles. The molecule has 1 aromatic heterocycles. The molecule has 0 unspecified atom stereocenters. The molecule has 0 bridgehead atoms. The first-order chi connectivity index (χ1) is 13.7. The molecule has 2 fully saturated rings. The van der Waals surface area contributed by atoms with Gasteiger partial charge in [-0.25, -0.2) is 4.98 Å². The van der Waals surface area contributed by atoms with E-state index < -0.39 is 0 Å². The van der Waals surface area contributed by atoms with Crippen LogP contribution in [0, 0.1) is 0 Å². The molecule has 0 spiro atoms. The van der Waals surface area contributed by atoms with Gasteiger partial charge in [0.15, 0.2) is 0 Å². The monoisotopic (exact) mass is 387 g/mol. The van der Waals surface area contributed by atoms with Crippen molar-refractivity contribution < 1.29 is 9.59 Å². The minimum Gasteiger partial charge on any atom is -0.353 e. The summed E-state index contributed by atoms with van der Waals surface area (Å²) in [6.45, 7) is 4.06. The molecule has 1 aliphatic heterocycles. The number of hydrogen-bond donors (Lipinski definition) is 1. The molecule has 1 aromatic rings. The summed E-state index contributed by atoms with van der Waals surface area (Å²) in [6, 6.07) is 0.304. The standard InChI is InChI=1S/C21H33N5O2/c27-20(24-18-7-3-1-4-8-18)9-14-26(16-15-25-12-5-2-6-13-25)21(28)19-17-22-10-11-23-19/h10-11,17-18H,1-9,12-16H2,(H,24,27). The average molecular weight is 388 g/mol. The summed E-state index contributed by atoms with van der Waals surface area (Å²) in [5.41, 5.74) is 0.342. The minimum absolute atomic E-state index is 0.0434. The third-order valence-electron chi connectivity index (χ3n) is 5.78. The molecule has 0 aromatic carbocycles. The molecule has 0 radical (unpaired) electrons. The third kappa shape index (κ3) is 6.55. The van der Waals surface area contributed by atoms with E-state index in [1.807, 2.05) is 0 Å². The molecule has 154 valence electrons. The van der Waals surface area contributed by atoms with Crippen LogP contribution in [-0.4, -0.2) is 70.3 Å². The summed E-state index contributed by atoms with van der Waals surface area (Å²) in [4.78, 5) is 37.6. The van der Waals surface area contributed by atoms with Crippen molar-refractivity contribution in [3.8, 4) is 0 Å². The lowest BCUT2D eigenvalue weighted by atomic mass is 9.95. The largest absolute Gasteiger partial charge is 0.353 e. The van der Waals surface area contributed by atoms with Gasteiger partial charge >= 0.3 is 0 Å². The number of carbonyl (C=O) groups excluding carboxylic acids is 2. The predicted octanol–water partition coefficient (Wildman–Crippen LogP) is 2.24. The fourth-order valence-electron chi connectivity index (χ4n) is 4.11. The Morgan fingerprint density at radius 1 is 1.04 bits per heavy atom. The summed E-state index contributed by atoms with van der Waals surface area (Å²) >= 11 is 0. The van der Waals surface area contributed by atoms with Crippen LogP contribution in [0.15, 0.2) is 18.6 Å². The van der Waals surface area contributed by atoms with E-state index in [4.69, 9.17) is 0 Å². The Kier molecular flexibility index (Phi) is 8.21. The Bertz CT molecular complexity index is 612. The fraction of sp³-hybridized carbons (Fsp3) is 0.714. The first-order valence-corrected chi connectivity index (χ1v) is 10.8. The third-order valence-corrected chi connectivity index (χ3v) is 5.78. The van der Waals surface area contributed by atoms with Gasteiger partial charge in [0.2, 0.25) is 5.91 Å². The summed E-state index contributed by atoms with van der Waals surface area (Å²) < 4.78 is 0. The quantitative estimate of drug-likeness (QED) is 0.740. The van der Waals surface area contributed by atoms with Crippen LogP contribution in [0.25, 0.3) is 0 Å². The summed E-state index contributed by atoms with van der Waals surface area (Å²) in [6.07, 6.45) is 14.5. The summed E-state index contributed by atoms with van der Waals surface area (Å²) in [5, 5.41) is 3.14. The molecule has 1 N–H and O–H groups in total. The van der Waals surface area contributed by atoms with Gasteiger partial charge in [0, 0.05) is 44.5 Å². The fourth-order valence-corrected chi connectivity index (χ4v) is 4.11. The second-order valence-corrected chi connectivity index (χ2v) is 7.94. The number of likely N-dealkylation sites (tertiary alicyclic amines) is 1. The second kappa shape index (κ2) is 11.1. The van der Waals surface area contributed by atoms with Crippen LogP contribution in [0.1, 0.15) is 68.3 Å². The number of hydrogen-bond acceptors (Lipinski definition) is 5. The van der Waals surface area contributed by atoms with Crippen molar-refractivity contribution in [1.29, 1.82) is 0 Å². The minimum atomic E-state index is -0.143. The van der Waals surface area contributed by atoms with E-state index in [0.29, 0.717) is 31.2 Å². The average Bonchev–Trinajstić information content (AvgIpc) is 2.75. The molecule has 7 nitrogen and oxygen atoms in total. The van der Waals surface area contributed by atoms with E-state index in [2.05, 4.69) is 20.2 Å². The Morgan fingerprint density at radius 3 is 2.50 bits per heavy atom. The first-order valence-electron chi connectivity index (χ1n) is 10.8. The van der Waals surface area contributed by atoms with Crippen LogP contribution in [-0.2, 0) is 4.79 Å². The highest BCUT2D eigenvalue weighted by Crippen LogP contribution is 2.17. The Morgan fingerprint density at radius 2 is 1.79 bits per heavy atom. The Balaban J connectivity index is 1.53. The lowest BCUT2D eigenvalue weighted by Gasteiger charge is -2.30. The second-order valence-electron chi connectivity index (χ2n) is 7.94. The van der Waals surface area contributed by atoms with Crippen LogP contribution in [0.5, 0.6) is 0 Å². The molecule has 2 heterocycles.